The lowest BCUT2D eigenvalue weighted by molar-refractivity contribution is 0.0847. The van der Waals surface area contributed by atoms with E-state index < -0.39 is 5.91 Å². The van der Waals surface area contributed by atoms with Gasteiger partial charge in [-0.05, 0) is 62.4 Å². The van der Waals surface area contributed by atoms with E-state index >= 15 is 0 Å². The van der Waals surface area contributed by atoms with Gasteiger partial charge < -0.3 is 0 Å². The molecule has 3 aromatic rings. The van der Waals surface area contributed by atoms with E-state index in [0.717, 1.165) is 53.4 Å². The van der Waals surface area contributed by atoms with E-state index in [2.05, 4.69) is 10.9 Å². The summed E-state index contributed by atoms with van der Waals surface area (Å²) in [6.45, 7) is 1.99. The molecule has 0 unspecified atom stereocenters. The number of benzene rings is 2. The third-order valence-electron chi connectivity index (χ3n) is 5.05. The lowest BCUT2D eigenvalue weighted by Gasteiger charge is -2.20. The van der Waals surface area contributed by atoms with Gasteiger partial charge in [0.1, 0.15) is 0 Å². The lowest BCUT2D eigenvalue weighted by atomic mass is 9.89. The van der Waals surface area contributed by atoms with E-state index in [1.54, 1.807) is 24.3 Å². The van der Waals surface area contributed by atoms with Crippen LogP contribution < -0.4 is 10.9 Å². The molecule has 0 radical (unpaired) electrons. The highest BCUT2D eigenvalue weighted by molar-refractivity contribution is 6.33. The Hall–Kier alpha value is -2.92. The Morgan fingerprint density at radius 2 is 1.75 bits per heavy atom. The summed E-state index contributed by atoms with van der Waals surface area (Å²) in [5.74, 6) is -0.793. The number of aromatic nitrogens is 1. The molecule has 142 valence electrons. The first-order valence-electron chi connectivity index (χ1n) is 9.32. The van der Waals surface area contributed by atoms with Crippen molar-refractivity contribution in [1.29, 1.82) is 0 Å². The SMILES string of the molecule is Cc1ccc2nc3c(c(C(=O)NNC(=O)c4ccccc4Cl)c2c1)CCCC3. The highest BCUT2D eigenvalue weighted by Gasteiger charge is 2.23. The van der Waals surface area contributed by atoms with Gasteiger partial charge in [-0.3, -0.25) is 25.4 Å². The zero-order chi connectivity index (χ0) is 19.7. The number of carbonyl (C=O) groups is 2. The number of hydrogen-bond donors (Lipinski definition) is 2. The van der Waals surface area contributed by atoms with Crippen molar-refractivity contribution in [2.45, 2.75) is 32.6 Å². The van der Waals surface area contributed by atoms with Gasteiger partial charge in [-0.2, -0.15) is 0 Å². The van der Waals surface area contributed by atoms with Gasteiger partial charge in [0.15, 0.2) is 0 Å². The first-order chi connectivity index (χ1) is 13.5. The molecule has 0 atom stereocenters. The Balaban J connectivity index is 1.68. The standard InChI is InChI=1S/C22H20ClN3O2/c1-13-10-11-19-16(12-13)20(15-7-3-5-9-18(15)24-19)22(28)26-25-21(27)14-6-2-4-8-17(14)23/h2,4,6,8,10-12H,3,5,7,9H2,1H3,(H,25,27)(H,26,28). The molecule has 4 rings (SSSR count). The summed E-state index contributed by atoms with van der Waals surface area (Å²) in [5.41, 5.74) is 9.76. The van der Waals surface area contributed by atoms with Crippen LogP contribution in [0, 0.1) is 6.92 Å². The summed E-state index contributed by atoms with van der Waals surface area (Å²) < 4.78 is 0. The second-order valence-corrected chi connectivity index (χ2v) is 7.44. The minimum Gasteiger partial charge on any atom is -0.267 e. The Morgan fingerprint density at radius 1 is 1.00 bits per heavy atom. The van der Waals surface area contributed by atoms with Crippen LogP contribution in [0.4, 0.5) is 0 Å². The van der Waals surface area contributed by atoms with Gasteiger partial charge in [0.05, 0.1) is 21.7 Å². The summed E-state index contributed by atoms with van der Waals surface area (Å²) in [6.07, 6.45) is 3.78. The fraction of sp³-hybridized carbons (Fsp3) is 0.227. The molecule has 0 fully saturated rings. The number of aryl methyl sites for hydroxylation is 2. The normalized spacial score (nSPS) is 13.1. The van der Waals surface area contributed by atoms with Crippen LogP contribution in [0.5, 0.6) is 0 Å². The highest BCUT2D eigenvalue weighted by Crippen LogP contribution is 2.29. The Morgan fingerprint density at radius 3 is 2.57 bits per heavy atom. The quantitative estimate of drug-likeness (QED) is 0.642. The molecule has 1 aromatic heterocycles. The second kappa shape index (κ2) is 7.60. The van der Waals surface area contributed by atoms with E-state index in [1.807, 2.05) is 25.1 Å². The van der Waals surface area contributed by atoms with Crippen LogP contribution >= 0.6 is 11.6 Å². The zero-order valence-electron chi connectivity index (χ0n) is 15.5. The van der Waals surface area contributed by atoms with E-state index in [1.165, 1.54) is 0 Å². The van der Waals surface area contributed by atoms with Crippen molar-refractivity contribution in [2.75, 3.05) is 0 Å². The molecule has 0 bridgehead atoms. The van der Waals surface area contributed by atoms with E-state index in [-0.39, 0.29) is 5.91 Å². The average molecular weight is 394 g/mol. The number of rotatable bonds is 2. The predicted molar refractivity (Wildman–Crippen MR) is 110 cm³/mol. The van der Waals surface area contributed by atoms with Gasteiger partial charge in [-0.25, -0.2) is 0 Å². The van der Waals surface area contributed by atoms with Gasteiger partial charge >= 0.3 is 0 Å². The Kier molecular flexibility index (Phi) is 5.01. The van der Waals surface area contributed by atoms with E-state index in [0.29, 0.717) is 16.1 Å². The maximum atomic E-state index is 13.1. The average Bonchev–Trinajstić information content (AvgIpc) is 2.70. The Bertz CT molecular complexity index is 1090. The first kappa shape index (κ1) is 18.4. The minimum atomic E-state index is -0.456. The van der Waals surface area contributed by atoms with Crippen LogP contribution in [0.1, 0.15) is 50.4 Å². The summed E-state index contributed by atoms with van der Waals surface area (Å²) in [6, 6.07) is 12.6. The maximum absolute atomic E-state index is 13.1. The molecular formula is C22H20ClN3O2. The largest absolute Gasteiger partial charge is 0.271 e. The summed E-state index contributed by atoms with van der Waals surface area (Å²) in [5, 5.41) is 1.14. The maximum Gasteiger partial charge on any atom is 0.271 e. The highest BCUT2D eigenvalue weighted by atomic mass is 35.5. The third kappa shape index (κ3) is 3.45. The molecular weight excluding hydrogens is 374 g/mol. The Labute approximate surface area is 168 Å². The van der Waals surface area contributed by atoms with Crippen molar-refractivity contribution in [1.82, 2.24) is 15.8 Å². The molecule has 28 heavy (non-hydrogen) atoms. The van der Waals surface area contributed by atoms with Gasteiger partial charge in [-0.15, -0.1) is 0 Å². The van der Waals surface area contributed by atoms with Crippen molar-refractivity contribution in [3.05, 3.63) is 75.4 Å². The third-order valence-corrected chi connectivity index (χ3v) is 5.38. The van der Waals surface area contributed by atoms with Crippen molar-refractivity contribution < 1.29 is 9.59 Å². The monoisotopic (exact) mass is 393 g/mol. The van der Waals surface area contributed by atoms with E-state index in [4.69, 9.17) is 16.6 Å². The number of halogens is 1. The van der Waals surface area contributed by atoms with Crippen LogP contribution in [0.2, 0.25) is 5.02 Å². The molecule has 1 heterocycles. The zero-order valence-corrected chi connectivity index (χ0v) is 16.3. The van der Waals surface area contributed by atoms with Crippen LogP contribution in [-0.2, 0) is 12.8 Å². The number of fused-ring (bicyclic) bond motifs is 2. The number of hydrazine groups is 1. The van der Waals surface area contributed by atoms with E-state index in [9.17, 15) is 9.59 Å². The smallest absolute Gasteiger partial charge is 0.267 e. The molecule has 6 heteroatoms. The molecule has 1 aliphatic carbocycles. The van der Waals surface area contributed by atoms with Crippen molar-refractivity contribution in [2.24, 2.45) is 0 Å². The second-order valence-electron chi connectivity index (χ2n) is 7.03. The lowest BCUT2D eigenvalue weighted by Crippen LogP contribution is -2.42. The van der Waals surface area contributed by atoms with Crippen LogP contribution in [-0.4, -0.2) is 16.8 Å². The fourth-order valence-corrected chi connectivity index (χ4v) is 3.91. The number of carbonyl (C=O) groups excluding carboxylic acids is 2. The number of pyridine rings is 1. The first-order valence-corrected chi connectivity index (χ1v) is 9.69. The predicted octanol–water partition coefficient (Wildman–Crippen LogP) is 4.15. The summed E-state index contributed by atoms with van der Waals surface area (Å²) >= 11 is 6.06. The number of amides is 2. The molecule has 0 saturated heterocycles. The van der Waals surface area contributed by atoms with Gasteiger partial charge in [-0.1, -0.05) is 35.4 Å². The molecule has 2 aromatic carbocycles. The summed E-state index contributed by atoms with van der Waals surface area (Å²) in [4.78, 5) is 30.2. The summed E-state index contributed by atoms with van der Waals surface area (Å²) in [7, 11) is 0. The molecule has 5 nitrogen and oxygen atoms in total. The topological polar surface area (TPSA) is 71.1 Å². The molecule has 0 saturated carbocycles. The molecule has 1 aliphatic rings. The molecule has 0 spiro atoms. The number of nitrogens with zero attached hydrogens (tertiary/aromatic N) is 1. The van der Waals surface area contributed by atoms with Crippen LogP contribution in [0.15, 0.2) is 42.5 Å². The number of nitrogens with one attached hydrogen (secondary N) is 2. The van der Waals surface area contributed by atoms with Gasteiger partial charge in [0.25, 0.3) is 11.8 Å². The van der Waals surface area contributed by atoms with Crippen molar-refractivity contribution in [3.8, 4) is 0 Å². The number of hydrogen-bond acceptors (Lipinski definition) is 3. The van der Waals surface area contributed by atoms with Crippen LogP contribution in [0.3, 0.4) is 0 Å². The minimum absolute atomic E-state index is 0.307. The van der Waals surface area contributed by atoms with Crippen LogP contribution in [0.25, 0.3) is 10.9 Å². The fourth-order valence-electron chi connectivity index (χ4n) is 3.69. The molecule has 2 N–H and O–H groups in total. The van der Waals surface area contributed by atoms with Gasteiger partial charge in [0, 0.05) is 11.1 Å². The van der Waals surface area contributed by atoms with Crippen molar-refractivity contribution in [3.63, 3.8) is 0 Å². The van der Waals surface area contributed by atoms with Crippen molar-refractivity contribution >= 4 is 34.3 Å². The molecule has 0 aliphatic heterocycles. The molecule has 2 amide bonds. The van der Waals surface area contributed by atoms with Gasteiger partial charge in [0.2, 0.25) is 0 Å².